The Labute approximate surface area is 120 Å². The van der Waals surface area contributed by atoms with Gasteiger partial charge in [-0.25, -0.2) is 9.18 Å². The van der Waals surface area contributed by atoms with Gasteiger partial charge in [-0.3, -0.25) is 0 Å². The Balaban J connectivity index is 2.12. The molecule has 2 rings (SSSR count). The number of nitriles is 1. The molecule has 0 bridgehead atoms. The third kappa shape index (κ3) is 3.94. The molecule has 0 heterocycles. The molecule has 1 amide bonds. The quantitative estimate of drug-likeness (QED) is 0.805. The number of carboxylic acid groups (broad SMARTS) is 1. The van der Waals surface area contributed by atoms with Gasteiger partial charge in [0.2, 0.25) is 0 Å². The van der Waals surface area contributed by atoms with Crippen LogP contribution in [-0.2, 0) is 6.54 Å². The van der Waals surface area contributed by atoms with Gasteiger partial charge in [0.15, 0.2) is 0 Å². The lowest BCUT2D eigenvalue weighted by Crippen LogP contribution is -2.19. The molecule has 5 nitrogen and oxygen atoms in total. The molecule has 0 unspecified atom stereocenters. The molecule has 21 heavy (non-hydrogen) atoms. The van der Waals surface area contributed by atoms with Crippen LogP contribution in [-0.4, -0.2) is 11.2 Å². The first kappa shape index (κ1) is 14.3. The highest BCUT2D eigenvalue weighted by molar-refractivity contribution is 5.67. The molecular formula is C15H12FN3O2. The summed E-state index contributed by atoms with van der Waals surface area (Å²) in [6, 6.07) is 12.8. The number of nitrogens with one attached hydrogen (secondary N) is 2. The van der Waals surface area contributed by atoms with E-state index < -0.39 is 11.9 Å². The van der Waals surface area contributed by atoms with E-state index in [9.17, 15) is 9.18 Å². The third-order valence-electron chi connectivity index (χ3n) is 2.78. The number of amides is 1. The predicted octanol–water partition coefficient (Wildman–Crippen LogP) is 3.21. The van der Waals surface area contributed by atoms with Crippen molar-refractivity contribution in [3.8, 4) is 6.07 Å². The summed E-state index contributed by atoms with van der Waals surface area (Å²) < 4.78 is 13.2. The minimum Gasteiger partial charge on any atom is -0.465 e. The molecule has 0 radical (unpaired) electrons. The summed E-state index contributed by atoms with van der Waals surface area (Å²) in [6.07, 6.45) is -1.09. The number of carbonyl (C=O) groups is 1. The van der Waals surface area contributed by atoms with Crippen LogP contribution in [0.2, 0.25) is 0 Å². The number of anilines is 2. The van der Waals surface area contributed by atoms with E-state index in [0.717, 1.165) is 5.56 Å². The van der Waals surface area contributed by atoms with Gasteiger partial charge in [-0.1, -0.05) is 12.1 Å². The molecular weight excluding hydrogens is 273 g/mol. The van der Waals surface area contributed by atoms with Gasteiger partial charge in [-0.2, -0.15) is 5.26 Å². The van der Waals surface area contributed by atoms with Crippen LogP contribution in [0.4, 0.5) is 20.6 Å². The van der Waals surface area contributed by atoms with Gasteiger partial charge in [0, 0.05) is 12.2 Å². The van der Waals surface area contributed by atoms with Gasteiger partial charge < -0.3 is 15.7 Å². The average Bonchev–Trinajstić information content (AvgIpc) is 2.47. The number of rotatable bonds is 4. The Hall–Kier alpha value is -3.07. The largest absolute Gasteiger partial charge is 0.465 e. The Kier molecular flexibility index (Phi) is 4.36. The van der Waals surface area contributed by atoms with E-state index in [1.807, 2.05) is 6.07 Å². The highest BCUT2D eigenvalue weighted by Gasteiger charge is 2.04. The summed E-state index contributed by atoms with van der Waals surface area (Å²) in [5, 5.41) is 22.7. The Morgan fingerprint density at radius 1 is 1.24 bits per heavy atom. The predicted molar refractivity (Wildman–Crippen MR) is 75.7 cm³/mol. The number of hydrogen-bond acceptors (Lipinski definition) is 3. The SMILES string of the molecule is N#Cc1ccc(F)cc1Nc1ccc(CNC(=O)O)cc1. The van der Waals surface area contributed by atoms with Crippen LogP contribution in [0.5, 0.6) is 0 Å². The lowest BCUT2D eigenvalue weighted by atomic mass is 10.1. The highest BCUT2D eigenvalue weighted by Crippen LogP contribution is 2.22. The molecule has 2 aromatic carbocycles. The number of halogens is 1. The van der Waals surface area contributed by atoms with Gasteiger partial charge in [-0.05, 0) is 35.9 Å². The van der Waals surface area contributed by atoms with E-state index in [-0.39, 0.29) is 6.54 Å². The molecule has 6 heteroatoms. The fraction of sp³-hybridized carbons (Fsp3) is 0.0667. The zero-order chi connectivity index (χ0) is 15.2. The lowest BCUT2D eigenvalue weighted by molar-refractivity contribution is 0.194. The Morgan fingerprint density at radius 3 is 2.57 bits per heavy atom. The smallest absolute Gasteiger partial charge is 0.404 e. The molecule has 0 aliphatic heterocycles. The molecule has 0 saturated carbocycles. The van der Waals surface area contributed by atoms with Gasteiger partial charge in [0.1, 0.15) is 11.9 Å². The summed E-state index contributed by atoms with van der Waals surface area (Å²) >= 11 is 0. The van der Waals surface area contributed by atoms with Crippen LogP contribution < -0.4 is 10.6 Å². The first-order valence-corrected chi connectivity index (χ1v) is 6.11. The van der Waals surface area contributed by atoms with Crippen LogP contribution in [0, 0.1) is 17.1 Å². The third-order valence-corrected chi connectivity index (χ3v) is 2.78. The zero-order valence-electron chi connectivity index (χ0n) is 10.9. The van der Waals surface area contributed by atoms with Crippen molar-refractivity contribution in [3.05, 3.63) is 59.4 Å². The number of nitrogens with zero attached hydrogens (tertiary/aromatic N) is 1. The molecule has 106 valence electrons. The first-order valence-electron chi connectivity index (χ1n) is 6.11. The Morgan fingerprint density at radius 2 is 1.95 bits per heavy atom. The van der Waals surface area contributed by atoms with Crippen molar-refractivity contribution in [2.24, 2.45) is 0 Å². The van der Waals surface area contributed by atoms with E-state index in [2.05, 4.69) is 10.6 Å². The van der Waals surface area contributed by atoms with Crippen molar-refractivity contribution in [2.75, 3.05) is 5.32 Å². The monoisotopic (exact) mass is 285 g/mol. The van der Waals surface area contributed by atoms with E-state index in [0.29, 0.717) is 16.9 Å². The fourth-order valence-electron chi connectivity index (χ4n) is 1.76. The summed E-state index contributed by atoms with van der Waals surface area (Å²) in [4.78, 5) is 10.4. The molecule has 3 N–H and O–H groups in total. The minimum absolute atomic E-state index is 0.207. The maximum atomic E-state index is 13.2. The molecule has 0 spiro atoms. The molecule has 0 atom stereocenters. The summed E-state index contributed by atoms with van der Waals surface area (Å²) in [5.74, 6) is -0.432. The summed E-state index contributed by atoms with van der Waals surface area (Å²) in [6.45, 7) is 0.207. The second kappa shape index (κ2) is 6.39. The van der Waals surface area contributed by atoms with Gasteiger partial charge in [0.25, 0.3) is 0 Å². The van der Waals surface area contributed by atoms with Gasteiger partial charge in [-0.15, -0.1) is 0 Å². The highest BCUT2D eigenvalue weighted by atomic mass is 19.1. The normalized spacial score (nSPS) is 9.71. The second-order valence-corrected chi connectivity index (χ2v) is 4.28. The number of benzene rings is 2. The van der Waals surface area contributed by atoms with Crippen LogP contribution in [0.3, 0.4) is 0 Å². The van der Waals surface area contributed by atoms with E-state index in [1.54, 1.807) is 24.3 Å². The van der Waals surface area contributed by atoms with Crippen molar-refractivity contribution >= 4 is 17.5 Å². The van der Waals surface area contributed by atoms with Gasteiger partial charge in [0.05, 0.1) is 11.3 Å². The van der Waals surface area contributed by atoms with E-state index in [4.69, 9.17) is 10.4 Å². The van der Waals surface area contributed by atoms with Crippen LogP contribution >= 0.6 is 0 Å². The van der Waals surface area contributed by atoms with Crippen molar-refractivity contribution < 1.29 is 14.3 Å². The molecule has 0 aliphatic rings. The maximum absolute atomic E-state index is 13.2. The maximum Gasteiger partial charge on any atom is 0.404 e. The van der Waals surface area contributed by atoms with Crippen LogP contribution in [0.1, 0.15) is 11.1 Å². The van der Waals surface area contributed by atoms with Crippen molar-refractivity contribution in [1.29, 1.82) is 5.26 Å². The van der Waals surface area contributed by atoms with Crippen LogP contribution in [0.15, 0.2) is 42.5 Å². The number of hydrogen-bond donors (Lipinski definition) is 3. The Bertz CT molecular complexity index is 693. The fourth-order valence-corrected chi connectivity index (χ4v) is 1.76. The van der Waals surface area contributed by atoms with Crippen molar-refractivity contribution in [2.45, 2.75) is 6.54 Å². The molecule has 0 aromatic heterocycles. The van der Waals surface area contributed by atoms with Crippen molar-refractivity contribution in [3.63, 3.8) is 0 Å². The second-order valence-electron chi connectivity index (χ2n) is 4.28. The first-order chi connectivity index (χ1) is 10.1. The minimum atomic E-state index is -1.09. The zero-order valence-corrected chi connectivity index (χ0v) is 10.9. The van der Waals surface area contributed by atoms with Crippen LogP contribution in [0.25, 0.3) is 0 Å². The van der Waals surface area contributed by atoms with Gasteiger partial charge >= 0.3 is 6.09 Å². The average molecular weight is 285 g/mol. The van der Waals surface area contributed by atoms with E-state index >= 15 is 0 Å². The summed E-state index contributed by atoms with van der Waals surface area (Å²) in [7, 11) is 0. The topological polar surface area (TPSA) is 85.2 Å². The molecule has 0 fully saturated rings. The molecule has 2 aromatic rings. The molecule has 0 saturated heterocycles. The van der Waals surface area contributed by atoms with Crippen molar-refractivity contribution in [1.82, 2.24) is 5.32 Å². The summed E-state index contributed by atoms with van der Waals surface area (Å²) in [5.41, 5.74) is 2.20. The molecule has 0 aliphatic carbocycles. The lowest BCUT2D eigenvalue weighted by Gasteiger charge is -2.09. The van der Waals surface area contributed by atoms with E-state index in [1.165, 1.54) is 18.2 Å². The standard InChI is InChI=1S/C15H12FN3O2/c16-12-4-3-11(8-17)14(7-12)19-13-5-1-10(2-6-13)9-18-15(20)21/h1-7,18-19H,9H2,(H,20,21).